The molecule has 5 N–H and O–H groups in total. The molecule has 0 spiro atoms. The molecule has 6 heteroatoms. The quantitative estimate of drug-likeness (QED) is 0.613. The molecule has 0 saturated carbocycles. The molecule has 1 atom stereocenters. The highest BCUT2D eigenvalue weighted by molar-refractivity contribution is 5.77. The molecule has 88 valence electrons. The number of benzene rings is 1. The molecule has 0 amide bonds. The molecular weight excluding hydrogens is 212 g/mol. The molecule has 1 aromatic carbocycles. The molecule has 0 fully saturated rings. The Kier molecular flexibility index (Phi) is 2.66. The second-order valence-corrected chi connectivity index (χ2v) is 3.47. The molecule has 1 aliphatic rings. The fourth-order valence-electron chi connectivity index (χ4n) is 1.55. The maximum Gasteiger partial charge on any atom is 0.190 e. The Labute approximate surface area is 92.7 Å². The van der Waals surface area contributed by atoms with Gasteiger partial charge in [0.2, 0.25) is 0 Å². The van der Waals surface area contributed by atoms with Gasteiger partial charge in [-0.3, -0.25) is 0 Å². The van der Waals surface area contributed by atoms with E-state index >= 15 is 0 Å². The van der Waals surface area contributed by atoms with Gasteiger partial charge in [0.15, 0.2) is 17.6 Å². The first-order valence-electron chi connectivity index (χ1n) is 4.83. The van der Waals surface area contributed by atoms with Gasteiger partial charge in [-0.1, -0.05) is 0 Å². The summed E-state index contributed by atoms with van der Waals surface area (Å²) in [4.78, 5) is 0. The fraction of sp³-hybridized carbons (Fsp3) is 0.400. The monoisotopic (exact) mass is 226 g/mol. The van der Waals surface area contributed by atoms with E-state index in [-0.39, 0.29) is 13.2 Å². The van der Waals surface area contributed by atoms with Crippen molar-refractivity contribution in [1.82, 2.24) is 0 Å². The van der Waals surface area contributed by atoms with Crippen LogP contribution in [-0.4, -0.2) is 31.5 Å². The first-order valence-corrected chi connectivity index (χ1v) is 4.83. The van der Waals surface area contributed by atoms with E-state index in [0.717, 1.165) is 0 Å². The van der Waals surface area contributed by atoms with E-state index in [4.69, 9.17) is 30.8 Å². The van der Waals surface area contributed by atoms with Crippen LogP contribution < -0.4 is 25.7 Å². The van der Waals surface area contributed by atoms with Crippen molar-refractivity contribution in [3.05, 3.63) is 6.07 Å². The Morgan fingerprint density at radius 3 is 2.88 bits per heavy atom. The van der Waals surface area contributed by atoms with Gasteiger partial charge in [-0.05, 0) is 0 Å². The summed E-state index contributed by atoms with van der Waals surface area (Å²) in [5.74, 6) is 1.19. The van der Waals surface area contributed by atoms with Gasteiger partial charge in [-0.25, -0.2) is 0 Å². The van der Waals surface area contributed by atoms with Crippen LogP contribution in [0.3, 0.4) is 0 Å². The standard InChI is InChI=1S/C10H14N2O4/c1-14-7-2-6(11)9-10(8(7)12)15-4-5(3-13)16-9/h2,5,13H,3-4,11-12H2,1H3. The molecule has 0 aromatic heterocycles. The van der Waals surface area contributed by atoms with E-state index in [0.29, 0.717) is 28.6 Å². The summed E-state index contributed by atoms with van der Waals surface area (Å²) >= 11 is 0. The minimum atomic E-state index is -0.414. The van der Waals surface area contributed by atoms with Crippen LogP contribution in [0, 0.1) is 0 Å². The summed E-state index contributed by atoms with van der Waals surface area (Å²) in [5, 5.41) is 8.98. The van der Waals surface area contributed by atoms with Gasteiger partial charge in [0.25, 0.3) is 0 Å². The Morgan fingerprint density at radius 2 is 2.25 bits per heavy atom. The van der Waals surface area contributed by atoms with Crippen molar-refractivity contribution in [2.24, 2.45) is 0 Å². The van der Waals surface area contributed by atoms with Crippen LogP contribution in [0.15, 0.2) is 6.07 Å². The third-order valence-corrected chi connectivity index (χ3v) is 2.39. The first kappa shape index (κ1) is 10.7. The minimum absolute atomic E-state index is 0.134. The molecule has 0 aliphatic carbocycles. The lowest BCUT2D eigenvalue weighted by atomic mass is 10.2. The van der Waals surface area contributed by atoms with Crippen molar-refractivity contribution in [2.75, 3.05) is 31.8 Å². The first-order chi connectivity index (χ1) is 7.67. The highest BCUT2D eigenvalue weighted by Crippen LogP contribution is 2.46. The third kappa shape index (κ3) is 1.57. The van der Waals surface area contributed by atoms with E-state index < -0.39 is 6.10 Å². The van der Waals surface area contributed by atoms with Gasteiger partial charge in [0.1, 0.15) is 18.0 Å². The number of hydrogen-bond acceptors (Lipinski definition) is 6. The second kappa shape index (κ2) is 3.97. The molecule has 6 nitrogen and oxygen atoms in total. The maximum absolute atomic E-state index is 8.98. The van der Waals surface area contributed by atoms with Crippen LogP contribution in [0.5, 0.6) is 17.2 Å². The Morgan fingerprint density at radius 1 is 1.50 bits per heavy atom. The zero-order chi connectivity index (χ0) is 11.7. The Hall–Kier alpha value is -1.82. The Balaban J connectivity index is 2.46. The van der Waals surface area contributed by atoms with Crippen LogP contribution in [0.2, 0.25) is 0 Å². The highest BCUT2D eigenvalue weighted by atomic mass is 16.6. The fourth-order valence-corrected chi connectivity index (χ4v) is 1.55. The number of aliphatic hydroxyl groups excluding tert-OH is 1. The zero-order valence-electron chi connectivity index (χ0n) is 8.90. The highest BCUT2D eigenvalue weighted by Gasteiger charge is 2.26. The number of ether oxygens (including phenoxy) is 3. The smallest absolute Gasteiger partial charge is 0.190 e. The SMILES string of the molecule is COc1cc(N)c2c(c1N)OCC(CO)O2. The van der Waals surface area contributed by atoms with Gasteiger partial charge in [-0.2, -0.15) is 0 Å². The molecule has 16 heavy (non-hydrogen) atoms. The van der Waals surface area contributed by atoms with E-state index in [1.54, 1.807) is 6.07 Å². The number of nitrogen functional groups attached to an aromatic ring is 2. The van der Waals surface area contributed by atoms with Crippen molar-refractivity contribution in [2.45, 2.75) is 6.10 Å². The van der Waals surface area contributed by atoms with E-state index in [2.05, 4.69) is 0 Å². The minimum Gasteiger partial charge on any atom is -0.494 e. The number of fused-ring (bicyclic) bond motifs is 1. The second-order valence-electron chi connectivity index (χ2n) is 3.47. The van der Waals surface area contributed by atoms with Crippen LogP contribution in [0.1, 0.15) is 0 Å². The van der Waals surface area contributed by atoms with Crippen LogP contribution in [0.4, 0.5) is 11.4 Å². The third-order valence-electron chi connectivity index (χ3n) is 2.39. The molecule has 0 bridgehead atoms. The average molecular weight is 226 g/mol. The normalized spacial score (nSPS) is 18.2. The lowest BCUT2D eigenvalue weighted by Crippen LogP contribution is -2.33. The molecule has 1 aliphatic heterocycles. The molecule has 1 unspecified atom stereocenters. The van der Waals surface area contributed by atoms with E-state index in [9.17, 15) is 0 Å². The van der Waals surface area contributed by atoms with E-state index in [1.807, 2.05) is 0 Å². The van der Waals surface area contributed by atoms with Gasteiger partial charge in [0, 0.05) is 6.07 Å². The van der Waals surface area contributed by atoms with Crippen LogP contribution >= 0.6 is 0 Å². The van der Waals surface area contributed by atoms with Crippen LogP contribution in [0.25, 0.3) is 0 Å². The lowest BCUT2D eigenvalue weighted by molar-refractivity contribution is 0.0468. The van der Waals surface area contributed by atoms with Gasteiger partial charge < -0.3 is 30.8 Å². The zero-order valence-corrected chi connectivity index (χ0v) is 8.90. The summed E-state index contributed by atoms with van der Waals surface area (Å²) in [5.41, 5.74) is 12.3. The molecule has 1 heterocycles. The summed E-state index contributed by atoms with van der Waals surface area (Å²) in [6, 6.07) is 1.57. The van der Waals surface area contributed by atoms with E-state index in [1.165, 1.54) is 7.11 Å². The largest absolute Gasteiger partial charge is 0.494 e. The number of hydrogen-bond donors (Lipinski definition) is 3. The predicted molar refractivity (Wildman–Crippen MR) is 58.8 cm³/mol. The van der Waals surface area contributed by atoms with Crippen LogP contribution in [-0.2, 0) is 0 Å². The number of nitrogens with two attached hydrogens (primary N) is 2. The van der Waals surface area contributed by atoms with Crippen molar-refractivity contribution < 1.29 is 19.3 Å². The van der Waals surface area contributed by atoms with Crippen molar-refractivity contribution in [1.29, 1.82) is 0 Å². The summed E-state index contributed by atoms with van der Waals surface area (Å²) in [7, 11) is 1.50. The van der Waals surface area contributed by atoms with Crippen molar-refractivity contribution >= 4 is 11.4 Å². The molecule has 1 aromatic rings. The summed E-state index contributed by atoms with van der Waals surface area (Å²) < 4.78 is 15.9. The topological polar surface area (TPSA) is 100.0 Å². The maximum atomic E-state index is 8.98. The van der Waals surface area contributed by atoms with Gasteiger partial charge in [0.05, 0.1) is 19.4 Å². The van der Waals surface area contributed by atoms with Gasteiger partial charge in [-0.15, -0.1) is 0 Å². The van der Waals surface area contributed by atoms with Crippen molar-refractivity contribution in [3.8, 4) is 17.2 Å². The summed E-state index contributed by atoms with van der Waals surface area (Å²) in [6.45, 7) is 0.102. The van der Waals surface area contributed by atoms with Crippen molar-refractivity contribution in [3.63, 3.8) is 0 Å². The number of aliphatic hydroxyl groups is 1. The molecule has 0 radical (unpaired) electrons. The van der Waals surface area contributed by atoms with Gasteiger partial charge >= 0.3 is 0 Å². The summed E-state index contributed by atoms with van der Waals surface area (Å²) in [6.07, 6.45) is -0.414. The average Bonchev–Trinajstić information content (AvgIpc) is 2.33. The predicted octanol–water partition coefficient (Wildman–Crippen LogP) is -0.00830. The Bertz CT molecular complexity index is 408. The number of methoxy groups -OCH3 is 1. The number of rotatable bonds is 2. The lowest BCUT2D eigenvalue weighted by Gasteiger charge is -2.27. The number of anilines is 2. The molecule has 0 saturated heterocycles. The molecule has 2 rings (SSSR count). The molecular formula is C10H14N2O4.